The molecule has 5 rings (SSSR count). The van der Waals surface area contributed by atoms with Gasteiger partial charge in [-0.15, -0.1) is 11.3 Å². The van der Waals surface area contributed by atoms with Gasteiger partial charge in [0.2, 0.25) is 0 Å². The summed E-state index contributed by atoms with van der Waals surface area (Å²) in [6.45, 7) is 0.623. The van der Waals surface area contributed by atoms with Crippen molar-refractivity contribution in [2.75, 3.05) is 11.9 Å². The lowest BCUT2D eigenvalue weighted by Crippen LogP contribution is -2.38. The Balaban J connectivity index is 1.18. The number of anilines is 1. The molecular weight excluding hydrogens is 382 g/mol. The third-order valence-electron chi connectivity index (χ3n) is 5.84. The van der Waals surface area contributed by atoms with E-state index in [1.165, 1.54) is 25.7 Å². The lowest BCUT2D eigenvalue weighted by molar-refractivity contribution is -0.136. The lowest BCUT2D eigenvalue weighted by atomic mass is 9.98. The highest BCUT2D eigenvalue weighted by Crippen LogP contribution is 2.48. The van der Waals surface area contributed by atoms with Gasteiger partial charge in [-0.25, -0.2) is 4.98 Å². The van der Waals surface area contributed by atoms with E-state index in [1.807, 2.05) is 42.5 Å². The summed E-state index contributed by atoms with van der Waals surface area (Å²) in [5.41, 5.74) is 2.58. The molecule has 0 spiro atoms. The van der Waals surface area contributed by atoms with E-state index in [2.05, 4.69) is 21.7 Å². The SMILES string of the molecule is O=C(NCC(C1CC1)C1CC1)C(=O)Nc1ccc(-c2nc3ccccc3s2)cc1. The predicted octanol–water partition coefficient (Wildman–Crippen LogP) is 4.45. The molecule has 0 aliphatic heterocycles. The number of amides is 2. The van der Waals surface area contributed by atoms with E-state index in [-0.39, 0.29) is 0 Å². The molecule has 148 valence electrons. The number of fused-ring (bicyclic) bond motifs is 1. The molecule has 0 radical (unpaired) electrons. The Hall–Kier alpha value is -2.73. The van der Waals surface area contributed by atoms with Crippen molar-refractivity contribution in [3.63, 3.8) is 0 Å². The van der Waals surface area contributed by atoms with Crippen LogP contribution in [-0.2, 0) is 9.59 Å². The average Bonchev–Trinajstić information content (AvgIpc) is 3.67. The third-order valence-corrected chi connectivity index (χ3v) is 6.93. The minimum Gasteiger partial charge on any atom is -0.348 e. The van der Waals surface area contributed by atoms with Crippen LogP contribution in [0.25, 0.3) is 20.8 Å². The van der Waals surface area contributed by atoms with Crippen LogP contribution < -0.4 is 10.6 Å². The van der Waals surface area contributed by atoms with Gasteiger partial charge in [-0.1, -0.05) is 12.1 Å². The molecule has 0 saturated heterocycles. The second-order valence-electron chi connectivity index (χ2n) is 8.07. The number of hydrogen-bond donors (Lipinski definition) is 2. The summed E-state index contributed by atoms with van der Waals surface area (Å²) in [6, 6.07) is 15.5. The number of hydrogen-bond acceptors (Lipinski definition) is 4. The van der Waals surface area contributed by atoms with Crippen LogP contribution in [0.5, 0.6) is 0 Å². The van der Waals surface area contributed by atoms with E-state index in [0.717, 1.165) is 32.6 Å². The summed E-state index contributed by atoms with van der Waals surface area (Å²) in [4.78, 5) is 29.1. The van der Waals surface area contributed by atoms with Crippen LogP contribution in [0.2, 0.25) is 0 Å². The van der Waals surface area contributed by atoms with Gasteiger partial charge in [-0.05, 0) is 79.8 Å². The Morgan fingerprint density at radius 1 is 0.966 bits per heavy atom. The first-order chi connectivity index (χ1) is 14.2. The molecule has 1 aromatic heterocycles. The zero-order valence-corrected chi connectivity index (χ0v) is 16.9. The van der Waals surface area contributed by atoms with Crippen molar-refractivity contribution in [3.8, 4) is 10.6 Å². The quantitative estimate of drug-likeness (QED) is 0.595. The maximum Gasteiger partial charge on any atom is 0.313 e. The van der Waals surface area contributed by atoms with E-state index in [9.17, 15) is 9.59 Å². The molecule has 3 aromatic rings. The summed E-state index contributed by atoms with van der Waals surface area (Å²) in [5.74, 6) is 0.899. The topological polar surface area (TPSA) is 71.1 Å². The molecule has 0 unspecified atom stereocenters. The number of nitrogens with zero attached hydrogens (tertiary/aromatic N) is 1. The summed E-state index contributed by atoms with van der Waals surface area (Å²) < 4.78 is 1.15. The Bertz CT molecular complexity index is 1010. The van der Waals surface area contributed by atoms with Gasteiger partial charge >= 0.3 is 11.8 Å². The molecule has 2 fully saturated rings. The first kappa shape index (κ1) is 18.3. The number of nitrogens with one attached hydrogen (secondary N) is 2. The number of para-hydroxylation sites is 1. The van der Waals surface area contributed by atoms with Crippen LogP contribution in [0, 0.1) is 17.8 Å². The number of carbonyl (C=O) groups is 2. The minimum atomic E-state index is -0.608. The molecule has 29 heavy (non-hydrogen) atoms. The van der Waals surface area contributed by atoms with Gasteiger partial charge in [-0.3, -0.25) is 9.59 Å². The fourth-order valence-corrected chi connectivity index (χ4v) is 4.91. The zero-order valence-electron chi connectivity index (χ0n) is 16.1. The van der Waals surface area contributed by atoms with Gasteiger partial charge in [0.15, 0.2) is 0 Å². The van der Waals surface area contributed by atoms with Crippen molar-refractivity contribution in [1.82, 2.24) is 10.3 Å². The number of thiazole rings is 1. The first-order valence-electron chi connectivity index (χ1n) is 10.2. The van der Waals surface area contributed by atoms with Crippen LogP contribution in [0.3, 0.4) is 0 Å². The second-order valence-corrected chi connectivity index (χ2v) is 9.10. The Morgan fingerprint density at radius 3 is 2.31 bits per heavy atom. The minimum absolute atomic E-state index is 0.549. The molecule has 2 aliphatic carbocycles. The number of benzene rings is 2. The van der Waals surface area contributed by atoms with Gasteiger partial charge in [0.1, 0.15) is 5.01 Å². The van der Waals surface area contributed by atoms with Gasteiger partial charge in [0.25, 0.3) is 0 Å². The van der Waals surface area contributed by atoms with Crippen molar-refractivity contribution in [2.24, 2.45) is 17.8 Å². The fraction of sp³-hybridized carbons (Fsp3) is 0.348. The Kier molecular flexibility index (Phi) is 4.79. The highest BCUT2D eigenvalue weighted by molar-refractivity contribution is 7.21. The van der Waals surface area contributed by atoms with Crippen molar-refractivity contribution in [3.05, 3.63) is 48.5 Å². The molecule has 2 N–H and O–H groups in total. The number of aromatic nitrogens is 1. The molecule has 5 nitrogen and oxygen atoms in total. The van der Waals surface area contributed by atoms with Crippen LogP contribution in [0.15, 0.2) is 48.5 Å². The molecule has 1 heterocycles. The molecular formula is C23H23N3O2S. The van der Waals surface area contributed by atoms with Gasteiger partial charge in [0.05, 0.1) is 10.2 Å². The molecule has 2 amide bonds. The second kappa shape index (κ2) is 7.59. The molecule has 0 bridgehead atoms. The van der Waals surface area contributed by atoms with E-state index >= 15 is 0 Å². The normalized spacial score (nSPS) is 16.2. The summed E-state index contributed by atoms with van der Waals surface area (Å²) in [7, 11) is 0. The molecule has 6 heteroatoms. The van der Waals surface area contributed by atoms with E-state index in [0.29, 0.717) is 18.2 Å². The third kappa shape index (κ3) is 4.17. The molecule has 2 aromatic carbocycles. The molecule has 2 saturated carbocycles. The van der Waals surface area contributed by atoms with Gasteiger partial charge < -0.3 is 10.6 Å². The van der Waals surface area contributed by atoms with Crippen molar-refractivity contribution >= 4 is 39.1 Å². The maximum absolute atomic E-state index is 12.2. The van der Waals surface area contributed by atoms with Crippen molar-refractivity contribution in [2.45, 2.75) is 25.7 Å². The highest BCUT2D eigenvalue weighted by atomic mass is 32.1. The lowest BCUT2D eigenvalue weighted by Gasteiger charge is -2.16. The van der Waals surface area contributed by atoms with Crippen LogP contribution >= 0.6 is 11.3 Å². The van der Waals surface area contributed by atoms with E-state index in [4.69, 9.17) is 0 Å². The summed E-state index contributed by atoms with van der Waals surface area (Å²) in [6.07, 6.45) is 5.07. The van der Waals surface area contributed by atoms with Gasteiger partial charge in [-0.2, -0.15) is 0 Å². The van der Waals surface area contributed by atoms with Gasteiger partial charge in [0, 0.05) is 17.8 Å². The monoisotopic (exact) mass is 405 g/mol. The first-order valence-corrected chi connectivity index (χ1v) is 11.0. The average molecular weight is 406 g/mol. The summed E-state index contributed by atoms with van der Waals surface area (Å²) in [5, 5.41) is 6.47. The smallest absolute Gasteiger partial charge is 0.313 e. The molecule has 2 aliphatic rings. The van der Waals surface area contributed by atoms with Crippen LogP contribution in [-0.4, -0.2) is 23.3 Å². The standard InChI is InChI=1S/C23H23N3O2S/c27-21(24-13-18(14-5-6-14)15-7-8-15)22(28)25-17-11-9-16(10-12-17)23-26-19-3-1-2-4-20(19)29-23/h1-4,9-12,14-15,18H,5-8,13H2,(H,24,27)(H,25,28). The number of carbonyl (C=O) groups excluding carboxylic acids is 2. The fourth-order valence-electron chi connectivity index (χ4n) is 3.94. The van der Waals surface area contributed by atoms with Crippen LogP contribution in [0.1, 0.15) is 25.7 Å². The number of rotatable bonds is 6. The van der Waals surface area contributed by atoms with E-state index in [1.54, 1.807) is 11.3 Å². The predicted molar refractivity (Wildman–Crippen MR) is 116 cm³/mol. The Labute approximate surface area is 173 Å². The van der Waals surface area contributed by atoms with Crippen molar-refractivity contribution < 1.29 is 9.59 Å². The Morgan fingerprint density at radius 2 is 1.66 bits per heavy atom. The highest BCUT2D eigenvalue weighted by Gasteiger charge is 2.41. The largest absolute Gasteiger partial charge is 0.348 e. The van der Waals surface area contributed by atoms with Crippen molar-refractivity contribution in [1.29, 1.82) is 0 Å². The zero-order chi connectivity index (χ0) is 19.8. The maximum atomic E-state index is 12.2. The van der Waals surface area contributed by atoms with E-state index < -0.39 is 11.8 Å². The van der Waals surface area contributed by atoms with Crippen LogP contribution in [0.4, 0.5) is 5.69 Å². The summed E-state index contributed by atoms with van der Waals surface area (Å²) >= 11 is 1.64. The molecule has 0 atom stereocenters.